The predicted molar refractivity (Wildman–Crippen MR) is 125 cm³/mol. The van der Waals surface area contributed by atoms with Gasteiger partial charge in [0.15, 0.2) is 5.82 Å². The summed E-state index contributed by atoms with van der Waals surface area (Å²) in [5.41, 5.74) is 7.44. The van der Waals surface area contributed by atoms with E-state index in [0.29, 0.717) is 23.4 Å². The number of aromatic amines is 1. The number of hydrogen-bond acceptors (Lipinski definition) is 7. The first-order chi connectivity index (χ1) is 18.0. The van der Waals surface area contributed by atoms with Crippen molar-refractivity contribution in [3.63, 3.8) is 0 Å². The zero-order chi connectivity index (χ0) is 29.8. The first-order valence-electron chi connectivity index (χ1n) is 10.8. The number of carbonyl (C=O) groups is 2. The van der Waals surface area contributed by atoms with E-state index < -0.39 is 29.4 Å². The zero-order valence-corrected chi connectivity index (χ0v) is 20.2. The molecular formula is C21H25F6N7O5. The third-order valence-electron chi connectivity index (χ3n) is 4.46. The Morgan fingerprint density at radius 3 is 2.23 bits per heavy atom. The smallest absolute Gasteiger partial charge is 0.475 e. The van der Waals surface area contributed by atoms with E-state index in [1.165, 1.54) is 12.1 Å². The van der Waals surface area contributed by atoms with Crippen LogP contribution in [-0.2, 0) is 33.4 Å². The third kappa shape index (κ3) is 12.6. The number of nitrogens with two attached hydrogens (primary N) is 1. The highest BCUT2D eigenvalue weighted by atomic mass is 19.4. The van der Waals surface area contributed by atoms with Crippen molar-refractivity contribution in [1.29, 1.82) is 5.41 Å². The molecule has 8 N–H and O–H groups in total. The number of aryl methyl sites for hydroxylation is 1. The fourth-order valence-electron chi connectivity index (χ4n) is 2.63. The van der Waals surface area contributed by atoms with Gasteiger partial charge in [0.1, 0.15) is 0 Å². The maximum absolute atomic E-state index is 12.6. The number of carboxylic acid groups (broad SMARTS) is 1. The third-order valence-corrected chi connectivity index (χ3v) is 4.46. The molecule has 18 heteroatoms. The Balaban J connectivity index is 0.000000956. The summed E-state index contributed by atoms with van der Waals surface area (Å²) in [5, 5.41) is 19.5. The van der Waals surface area contributed by atoms with Crippen LogP contribution in [0.25, 0.3) is 0 Å². The number of anilines is 1. The minimum Gasteiger partial charge on any atom is -0.475 e. The molecule has 0 aliphatic carbocycles. The van der Waals surface area contributed by atoms with Crippen molar-refractivity contribution < 1.29 is 45.9 Å². The quantitative estimate of drug-likeness (QED) is 0.0729. The van der Waals surface area contributed by atoms with Crippen molar-refractivity contribution in [3.05, 3.63) is 57.1 Å². The molecule has 1 aromatic carbocycles. The number of rotatable bonds is 10. The fourth-order valence-corrected chi connectivity index (χ4v) is 2.63. The van der Waals surface area contributed by atoms with Crippen molar-refractivity contribution in [3.8, 4) is 0 Å². The normalized spacial score (nSPS) is 11.2. The number of benzene rings is 1. The number of guanidine groups is 1. The van der Waals surface area contributed by atoms with Crippen molar-refractivity contribution in [1.82, 2.24) is 20.8 Å². The standard InChI is InChI=1S/C19H24F3N7O3.C2HF3O2/c1-11-14(10-15(30)25-8-9-32-29-18(23)24)28-16(17(31)27-11)26-7-6-12-2-4-13(5-3-12)19(20,21)22;3-2(4,5)1(6)7/h2-5H,6-10H2,1H3,(H,25,30)(H,26,28)(H,27,31)(H4,23,24,29);(H,6,7). The van der Waals surface area contributed by atoms with Gasteiger partial charge in [-0.25, -0.2) is 15.3 Å². The van der Waals surface area contributed by atoms with Crippen LogP contribution in [0.2, 0.25) is 0 Å². The van der Waals surface area contributed by atoms with Crippen LogP contribution in [0.5, 0.6) is 0 Å². The molecule has 1 aromatic heterocycles. The van der Waals surface area contributed by atoms with Gasteiger partial charge in [0.25, 0.3) is 5.56 Å². The predicted octanol–water partition coefficient (Wildman–Crippen LogP) is 1.46. The fraction of sp³-hybridized carbons (Fsp3) is 0.381. The molecule has 0 bridgehead atoms. The maximum atomic E-state index is 12.6. The first-order valence-corrected chi connectivity index (χ1v) is 10.8. The van der Waals surface area contributed by atoms with E-state index in [1.54, 1.807) is 6.92 Å². The van der Waals surface area contributed by atoms with Gasteiger partial charge in [0.05, 0.1) is 24.3 Å². The largest absolute Gasteiger partial charge is 0.490 e. The number of hydroxylamine groups is 1. The number of H-pyrrole nitrogens is 1. The van der Waals surface area contributed by atoms with E-state index >= 15 is 0 Å². The Hall–Kier alpha value is -4.35. The molecule has 0 aliphatic heterocycles. The molecule has 1 amide bonds. The molecule has 0 atom stereocenters. The average molecular weight is 569 g/mol. The second-order valence-electron chi connectivity index (χ2n) is 7.55. The number of aliphatic carboxylic acids is 1. The molecular weight excluding hydrogens is 544 g/mol. The van der Waals surface area contributed by atoms with Crippen molar-refractivity contribution in [2.45, 2.75) is 32.1 Å². The van der Waals surface area contributed by atoms with Gasteiger partial charge in [0.2, 0.25) is 11.9 Å². The molecule has 2 aromatic rings. The maximum Gasteiger partial charge on any atom is 0.490 e. The number of alkyl halides is 6. The Morgan fingerprint density at radius 2 is 1.72 bits per heavy atom. The Morgan fingerprint density at radius 1 is 1.13 bits per heavy atom. The molecule has 0 unspecified atom stereocenters. The van der Waals surface area contributed by atoms with E-state index in [9.17, 15) is 35.9 Å². The van der Waals surface area contributed by atoms with Gasteiger partial charge in [-0.2, -0.15) is 26.3 Å². The summed E-state index contributed by atoms with van der Waals surface area (Å²) >= 11 is 0. The molecule has 1 heterocycles. The molecule has 2 rings (SSSR count). The lowest BCUT2D eigenvalue weighted by Gasteiger charge is -2.11. The summed E-state index contributed by atoms with van der Waals surface area (Å²) in [5.74, 6) is -3.45. The highest BCUT2D eigenvalue weighted by molar-refractivity contribution is 5.78. The summed E-state index contributed by atoms with van der Waals surface area (Å²) < 4.78 is 69.6. The molecule has 0 saturated carbocycles. The van der Waals surface area contributed by atoms with Crippen LogP contribution in [0.1, 0.15) is 22.5 Å². The molecule has 39 heavy (non-hydrogen) atoms. The van der Waals surface area contributed by atoms with Gasteiger partial charge >= 0.3 is 18.3 Å². The highest BCUT2D eigenvalue weighted by Crippen LogP contribution is 2.29. The SMILES string of the molecule is Cc1[nH]c(=O)c(NCCc2ccc(C(F)(F)F)cc2)nc1CC(=O)NCCONC(=N)N.O=C(O)C(F)(F)F. The van der Waals surface area contributed by atoms with Crippen LogP contribution in [0, 0.1) is 12.3 Å². The van der Waals surface area contributed by atoms with E-state index in [-0.39, 0.29) is 43.8 Å². The minimum atomic E-state index is -5.08. The number of aromatic nitrogens is 2. The lowest BCUT2D eigenvalue weighted by atomic mass is 10.1. The summed E-state index contributed by atoms with van der Waals surface area (Å²) in [6, 6.07) is 4.76. The van der Waals surface area contributed by atoms with E-state index in [0.717, 1.165) is 12.1 Å². The van der Waals surface area contributed by atoms with Crippen LogP contribution < -0.4 is 27.4 Å². The second-order valence-corrected chi connectivity index (χ2v) is 7.55. The second kappa shape index (κ2) is 14.6. The van der Waals surface area contributed by atoms with Crippen molar-refractivity contribution in [2.24, 2.45) is 5.73 Å². The van der Waals surface area contributed by atoms with Gasteiger partial charge in [-0.15, -0.1) is 0 Å². The van der Waals surface area contributed by atoms with Gasteiger partial charge in [0, 0.05) is 18.8 Å². The van der Waals surface area contributed by atoms with Crippen LogP contribution in [0.15, 0.2) is 29.1 Å². The number of nitrogens with one attached hydrogen (secondary N) is 5. The molecule has 0 fully saturated rings. The number of nitrogens with zero attached hydrogens (tertiary/aromatic N) is 1. The van der Waals surface area contributed by atoms with Crippen LogP contribution in [0.3, 0.4) is 0 Å². The van der Waals surface area contributed by atoms with Gasteiger partial charge in [-0.3, -0.25) is 19.8 Å². The molecule has 0 spiro atoms. The Bertz CT molecular complexity index is 1180. The topological polar surface area (TPSA) is 195 Å². The summed E-state index contributed by atoms with van der Waals surface area (Å²) in [4.78, 5) is 44.7. The van der Waals surface area contributed by atoms with Gasteiger partial charge in [-0.05, 0) is 31.0 Å². The van der Waals surface area contributed by atoms with Crippen molar-refractivity contribution in [2.75, 3.05) is 25.0 Å². The van der Waals surface area contributed by atoms with Gasteiger partial charge < -0.3 is 26.5 Å². The highest BCUT2D eigenvalue weighted by Gasteiger charge is 2.38. The van der Waals surface area contributed by atoms with Crippen molar-refractivity contribution >= 4 is 23.7 Å². The molecule has 0 saturated heterocycles. The Labute approximate surface area is 216 Å². The average Bonchev–Trinajstić information content (AvgIpc) is 2.81. The van der Waals surface area contributed by atoms with E-state index in [1.807, 2.05) is 0 Å². The van der Waals surface area contributed by atoms with E-state index in [2.05, 4.69) is 26.1 Å². The lowest BCUT2D eigenvalue weighted by molar-refractivity contribution is -0.192. The minimum absolute atomic E-state index is 0.0132. The van der Waals surface area contributed by atoms with Crippen LogP contribution in [-0.4, -0.2) is 58.8 Å². The Kier molecular flexibility index (Phi) is 12.2. The number of carbonyl (C=O) groups excluding carboxylic acids is 1. The van der Waals surface area contributed by atoms with E-state index in [4.69, 9.17) is 25.9 Å². The summed E-state index contributed by atoms with van der Waals surface area (Å²) in [6.07, 6.45) is -9.19. The number of halogens is 6. The number of hydrogen-bond donors (Lipinski definition) is 7. The monoisotopic (exact) mass is 569 g/mol. The zero-order valence-electron chi connectivity index (χ0n) is 20.2. The number of amides is 1. The van der Waals surface area contributed by atoms with Crippen LogP contribution >= 0.6 is 0 Å². The first kappa shape index (κ1) is 32.7. The van der Waals surface area contributed by atoms with Crippen LogP contribution in [0.4, 0.5) is 32.2 Å². The summed E-state index contributed by atoms with van der Waals surface area (Å²) in [6.45, 7) is 2.12. The molecule has 12 nitrogen and oxygen atoms in total. The molecule has 0 radical (unpaired) electrons. The van der Waals surface area contributed by atoms with Gasteiger partial charge in [-0.1, -0.05) is 12.1 Å². The molecule has 216 valence electrons. The summed E-state index contributed by atoms with van der Waals surface area (Å²) in [7, 11) is 0. The number of carboxylic acids is 1. The lowest BCUT2D eigenvalue weighted by Crippen LogP contribution is -2.35. The molecule has 0 aliphatic rings.